The molecule has 0 aliphatic heterocycles. The highest BCUT2D eigenvalue weighted by molar-refractivity contribution is 7.16. The first-order chi connectivity index (χ1) is 12.7. The number of aryl methyl sites for hydroxylation is 1. The summed E-state index contributed by atoms with van der Waals surface area (Å²) < 4.78 is 1.50. The van der Waals surface area contributed by atoms with Crippen LogP contribution in [0.5, 0.6) is 0 Å². The molecule has 0 aliphatic carbocycles. The summed E-state index contributed by atoms with van der Waals surface area (Å²) in [5, 5.41) is 2.45. The van der Waals surface area contributed by atoms with E-state index in [0.717, 1.165) is 11.3 Å². The van der Waals surface area contributed by atoms with Crippen molar-refractivity contribution in [2.45, 2.75) is 19.4 Å². The minimum absolute atomic E-state index is 0.00342. The van der Waals surface area contributed by atoms with Gasteiger partial charge in [0.25, 0.3) is 5.56 Å². The van der Waals surface area contributed by atoms with Crippen LogP contribution in [0.4, 0.5) is 0 Å². The Morgan fingerprint density at radius 2 is 2.00 bits per heavy atom. The van der Waals surface area contributed by atoms with Gasteiger partial charge in [-0.25, -0.2) is 4.98 Å². The quantitative estimate of drug-likeness (QED) is 0.656. The van der Waals surface area contributed by atoms with Crippen molar-refractivity contribution in [3.63, 3.8) is 0 Å². The largest absolute Gasteiger partial charge is 0.341 e. The summed E-state index contributed by atoms with van der Waals surface area (Å²) in [6.07, 6.45) is 2.56. The Kier molecular flexibility index (Phi) is 6.14. The SMILES string of the molecule is NCCN(CCc1ccccc1)C(=O)CCn1cnc2sccc2c1=O. The van der Waals surface area contributed by atoms with E-state index >= 15 is 0 Å². The van der Waals surface area contributed by atoms with Gasteiger partial charge in [0, 0.05) is 32.6 Å². The summed E-state index contributed by atoms with van der Waals surface area (Å²) in [7, 11) is 0. The van der Waals surface area contributed by atoms with E-state index in [0.29, 0.717) is 31.6 Å². The van der Waals surface area contributed by atoms with E-state index in [1.54, 1.807) is 11.0 Å². The summed E-state index contributed by atoms with van der Waals surface area (Å²) in [5.41, 5.74) is 6.75. The first-order valence-corrected chi connectivity index (χ1v) is 9.51. The number of hydrogen-bond acceptors (Lipinski definition) is 5. The van der Waals surface area contributed by atoms with E-state index < -0.39 is 0 Å². The molecular formula is C19H22N4O2S. The Morgan fingerprint density at radius 1 is 1.19 bits per heavy atom. The van der Waals surface area contributed by atoms with Crippen LogP contribution >= 0.6 is 11.3 Å². The number of amides is 1. The molecule has 26 heavy (non-hydrogen) atoms. The van der Waals surface area contributed by atoms with Gasteiger partial charge >= 0.3 is 0 Å². The Labute approximate surface area is 155 Å². The van der Waals surface area contributed by atoms with Crippen LogP contribution < -0.4 is 11.3 Å². The summed E-state index contributed by atoms with van der Waals surface area (Å²) in [6.45, 7) is 1.88. The third-order valence-electron chi connectivity index (χ3n) is 4.28. The minimum Gasteiger partial charge on any atom is -0.341 e. The number of rotatable bonds is 8. The molecule has 0 fully saturated rings. The van der Waals surface area contributed by atoms with E-state index in [1.165, 1.54) is 27.8 Å². The van der Waals surface area contributed by atoms with Crippen LogP contribution in [0.15, 0.2) is 52.9 Å². The molecule has 0 radical (unpaired) electrons. The fourth-order valence-electron chi connectivity index (χ4n) is 2.85. The monoisotopic (exact) mass is 370 g/mol. The molecule has 1 amide bonds. The average molecular weight is 370 g/mol. The van der Waals surface area contributed by atoms with Crippen LogP contribution in [-0.2, 0) is 17.8 Å². The van der Waals surface area contributed by atoms with Gasteiger partial charge in [0.15, 0.2) is 0 Å². The van der Waals surface area contributed by atoms with Crippen LogP contribution in [0.25, 0.3) is 10.2 Å². The first kappa shape index (κ1) is 18.3. The third-order valence-corrected chi connectivity index (χ3v) is 5.10. The molecule has 136 valence electrons. The van der Waals surface area contributed by atoms with Gasteiger partial charge in [-0.3, -0.25) is 14.2 Å². The standard InChI is InChI=1S/C19H22N4O2S/c20-9-12-22(10-6-15-4-2-1-3-5-15)17(24)7-11-23-14-21-18-16(19(23)25)8-13-26-18/h1-5,8,13-14H,6-7,9-12,20H2. The van der Waals surface area contributed by atoms with E-state index in [-0.39, 0.29) is 17.9 Å². The fourth-order valence-corrected chi connectivity index (χ4v) is 3.58. The van der Waals surface area contributed by atoms with Crippen molar-refractivity contribution in [2.75, 3.05) is 19.6 Å². The summed E-state index contributed by atoms with van der Waals surface area (Å²) >= 11 is 1.44. The van der Waals surface area contributed by atoms with Gasteiger partial charge in [-0.15, -0.1) is 11.3 Å². The predicted molar refractivity (Wildman–Crippen MR) is 104 cm³/mol. The fraction of sp³-hybridized carbons (Fsp3) is 0.316. The van der Waals surface area contributed by atoms with Gasteiger partial charge < -0.3 is 10.6 Å². The van der Waals surface area contributed by atoms with Crippen LogP contribution in [-0.4, -0.2) is 40.0 Å². The van der Waals surface area contributed by atoms with Gasteiger partial charge in [-0.2, -0.15) is 0 Å². The van der Waals surface area contributed by atoms with E-state index in [4.69, 9.17) is 5.73 Å². The molecule has 0 spiro atoms. The first-order valence-electron chi connectivity index (χ1n) is 8.63. The van der Waals surface area contributed by atoms with E-state index in [9.17, 15) is 9.59 Å². The van der Waals surface area contributed by atoms with E-state index in [1.807, 2.05) is 35.7 Å². The van der Waals surface area contributed by atoms with Crippen molar-refractivity contribution in [1.82, 2.24) is 14.5 Å². The van der Waals surface area contributed by atoms with Gasteiger partial charge in [0.1, 0.15) is 4.83 Å². The number of aromatic nitrogens is 2. The molecule has 2 heterocycles. The third kappa shape index (κ3) is 4.36. The van der Waals surface area contributed by atoms with Crippen molar-refractivity contribution in [2.24, 2.45) is 5.73 Å². The molecule has 2 N–H and O–H groups in total. The second kappa shape index (κ2) is 8.73. The number of carbonyl (C=O) groups is 1. The lowest BCUT2D eigenvalue weighted by Gasteiger charge is -2.22. The maximum Gasteiger partial charge on any atom is 0.262 e. The van der Waals surface area contributed by atoms with Gasteiger partial charge in [-0.1, -0.05) is 30.3 Å². The molecule has 0 bridgehead atoms. The number of nitrogens with two attached hydrogens (primary N) is 1. The second-order valence-corrected chi connectivity index (χ2v) is 6.93. The molecule has 0 atom stereocenters. The number of nitrogens with zero attached hydrogens (tertiary/aromatic N) is 3. The predicted octanol–water partition coefficient (Wildman–Crippen LogP) is 1.88. The molecule has 0 unspecified atom stereocenters. The zero-order valence-corrected chi connectivity index (χ0v) is 15.3. The zero-order chi connectivity index (χ0) is 18.4. The van der Waals surface area contributed by atoms with Crippen LogP contribution in [0.3, 0.4) is 0 Å². The van der Waals surface area contributed by atoms with Gasteiger partial charge in [0.05, 0.1) is 11.7 Å². The average Bonchev–Trinajstić information content (AvgIpc) is 3.15. The Morgan fingerprint density at radius 3 is 2.77 bits per heavy atom. The maximum atomic E-state index is 12.6. The summed E-state index contributed by atoms with van der Waals surface area (Å²) in [4.78, 5) is 31.8. The molecule has 2 aromatic heterocycles. The second-order valence-electron chi connectivity index (χ2n) is 6.04. The number of benzene rings is 1. The molecule has 0 aliphatic rings. The summed E-state index contributed by atoms with van der Waals surface area (Å²) in [5.74, 6) is 0.00342. The highest BCUT2D eigenvalue weighted by Gasteiger charge is 2.14. The summed E-state index contributed by atoms with van der Waals surface area (Å²) in [6, 6.07) is 11.8. The number of carbonyl (C=O) groups excluding carboxylic acids is 1. The number of thiophene rings is 1. The Bertz CT molecular complexity index is 920. The topological polar surface area (TPSA) is 81.2 Å². The van der Waals surface area contributed by atoms with Crippen molar-refractivity contribution in [3.8, 4) is 0 Å². The Hall–Kier alpha value is -2.51. The van der Waals surface area contributed by atoms with Gasteiger partial charge in [0.2, 0.25) is 5.91 Å². The molecule has 6 nitrogen and oxygen atoms in total. The van der Waals surface area contributed by atoms with Crippen molar-refractivity contribution in [1.29, 1.82) is 0 Å². The lowest BCUT2D eigenvalue weighted by atomic mass is 10.1. The molecule has 0 saturated carbocycles. The molecule has 3 aromatic rings. The maximum absolute atomic E-state index is 12.6. The van der Waals surface area contributed by atoms with Crippen molar-refractivity contribution in [3.05, 3.63) is 64.0 Å². The normalized spacial score (nSPS) is 11.0. The smallest absolute Gasteiger partial charge is 0.262 e. The van der Waals surface area contributed by atoms with Crippen LogP contribution in [0.1, 0.15) is 12.0 Å². The lowest BCUT2D eigenvalue weighted by molar-refractivity contribution is -0.131. The molecule has 1 aromatic carbocycles. The Balaban J connectivity index is 1.61. The number of fused-ring (bicyclic) bond motifs is 1. The van der Waals surface area contributed by atoms with Gasteiger partial charge in [-0.05, 0) is 23.4 Å². The highest BCUT2D eigenvalue weighted by atomic mass is 32.1. The lowest BCUT2D eigenvalue weighted by Crippen LogP contribution is -2.37. The molecule has 7 heteroatoms. The molecule has 3 rings (SSSR count). The molecular weight excluding hydrogens is 348 g/mol. The number of hydrogen-bond donors (Lipinski definition) is 1. The molecule has 0 saturated heterocycles. The van der Waals surface area contributed by atoms with Crippen molar-refractivity contribution >= 4 is 27.5 Å². The minimum atomic E-state index is -0.0984. The zero-order valence-electron chi connectivity index (χ0n) is 14.5. The van der Waals surface area contributed by atoms with Crippen LogP contribution in [0, 0.1) is 0 Å². The van der Waals surface area contributed by atoms with Crippen molar-refractivity contribution < 1.29 is 4.79 Å². The van der Waals surface area contributed by atoms with Crippen LogP contribution in [0.2, 0.25) is 0 Å². The highest BCUT2D eigenvalue weighted by Crippen LogP contribution is 2.13. The van der Waals surface area contributed by atoms with E-state index in [2.05, 4.69) is 4.98 Å².